The Hall–Kier alpha value is -0.0300. The number of amides is 1. The standard InChI is InChI=1S/C11H23N3O.2ClH/c1-11(2,12)10(15)14-7-5-6-9(8-14)13(3)4;;/h9H,5-8,12H2,1-4H3;2*1H. The number of likely N-dealkylation sites (tertiary alicyclic amines) is 1. The Morgan fingerprint density at radius 3 is 2.29 bits per heavy atom. The summed E-state index contributed by atoms with van der Waals surface area (Å²) in [7, 11) is 4.12. The lowest BCUT2D eigenvalue weighted by Crippen LogP contribution is -2.56. The van der Waals surface area contributed by atoms with Crippen LogP contribution in [-0.4, -0.2) is 54.5 Å². The molecule has 6 heteroatoms. The minimum Gasteiger partial charge on any atom is -0.340 e. The summed E-state index contributed by atoms with van der Waals surface area (Å²) in [6.07, 6.45) is 2.24. The van der Waals surface area contributed by atoms with Gasteiger partial charge in [0.05, 0.1) is 5.54 Å². The minimum atomic E-state index is -0.742. The molecule has 4 nitrogen and oxygen atoms in total. The zero-order valence-corrected chi connectivity index (χ0v) is 12.7. The van der Waals surface area contributed by atoms with E-state index in [4.69, 9.17) is 5.73 Å². The molecule has 0 aromatic heterocycles. The Labute approximate surface area is 117 Å². The van der Waals surface area contributed by atoms with Gasteiger partial charge in [-0.05, 0) is 40.8 Å². The van der Waals surface area contributed by atoms with Crippen molar-refractivity contribution in [3.05, 3.63) is 0 Å². The van der Waals surface area contributed by atoms with Gasteiger partial charge in [0.25, 0.3) is 0 Å². The van der Waals surface area contributed by atoms with Crippen LogP contribution in [0.2, 0.25) is 0 Å². The lowest BCUT2D eigenvalue weighted by molar-refractivity contribution is -0.137. The molecule has 0 aromatic carbocycles. The molecule has 104 valence electrons. The van der Waals surface area contributed by atoms with Crippen molar-refractivity contribution < 1.29 is 4.79 Å². The van der Waals surface area contributed by atoms with Crippen LogP contribution in [0.5, 0.6) is 0 Å². The van der Waals surface area contributed by atoms with Gasteiger partial charge in [-0.2, -0.15) is 0 Å². The van der Waals surface area contributed by atoms with Crippen molar-refractivity contribution in [1.82, 2.24) is 9.80 Å². The smallest absolute Gasteiger partial charge is 0.242 e. The molecule has 1 atom stereocenters. The summed E-state index contributed by atoms with van der Waals surface area (Å²) in [5.74, 6) is 0.0639. The Kier molecular flexibility index (Phi) is 8.42. The van der Waals surface area contributed by atoms with E-state index in [2.05, 4.69) is 19.0 Å². The zero-order chi connectivity index (χ0) is 11.6. The van der Waals surface area contributed by atoms with Crippen LogP contribution in [0.4, 0.5) is 0 Å². The van der Waals surface area contributed by atoms with Crippen LogP contribution in [0.3, 0.4) is 0 Å². The van der Waals surface area contributed by atoms with Gasteiger partial charge in [-0.3, -0.25) is 4.79 Å². The minimum absolute atomic E-state index is 0. The van der Waals surface area contributed by atoms with E-state index in [0.29, 0.717) is 6.04 Å². The summed E-state index contributed by atoms with van der Waals surface area (Å²) in [4.78, 5) is 16.1. The molecule has 1 saturated heterocycles. The van der Waals surface area contributed by atoms with Crippen LogP contribution in [0.15, 0.2) is 0 Å². The number of piperidine rings is 1. The van der Waals surface area contributed by atoms with E-state index >= 15 is 0 Å². The van der Waals surface area contributed by atoms with E-state index in [-0.39, 0.29) is 30.7 Å². The third-order valence-electron chi connectivity index (χ3n) is 2.97. The quantitative estimate of drug-likeness (QED) is 0.827. The van der Waals surface area contributed by atoms with Crippen LogP contribution in [-0.2, 0) is 4.79 Å². The molecular formula is C11H25Cl2N3O. The van der Waals surface area contributed by atoms with E-state index in [9.17, 15) is 4.79 Å². The Balaban J connectivity index is 0. The molecule has 0 radical (unpaired) electrons. The second kappa shape index (κ2) is 7.41. The van der Waals surface area contributed by atoms with Crippen LogP contribution in [0, 0.1) is 0 Å². The first-order valence-electron chi connectivity index (χ1n) is 5.57. The fraction of sp³-hybridized carbons (Fsp3) is 0.909. The molecule has 0 spiro atoms. The summed E-state index contributed by atoms with van der Waals surface area (Å²) in [5, 5.41) is 0. The normalized spacial score (nSPS) is 20.6. The maximum Gasteiger partial charge on any atom is 0.242 e. The first kappa shape index (κ1) is 19.3. The molecule has 1 aliphatic rings. The third-order valence-corrected chi connectivity index (χ3v) is 2.97. The molecule has 17 heavy (non-hydrogen) atoms. The van der Waals surface area contributed by atoms with Gasteiger partial charge in [-0.15, -0.1) is 24.8 Å². The predicted molar refractivity (Wildman–Crippen MR) is 76.1 cm³/mol. The fourth-order valence-electron chi connectivity index (χ4n) is 1.97. The van der Waals surface area contributed by atoms with Gasteiger partial charge in [-0.1, -0.05) is 0 Å². The number of hydrogen-bond donors (Lipinski definition) is 1. The molecule has 1 unspecified atom stereocenters. The van der Waals surface area contributed by atoms with Crippen molar-refractivity contribution in [2.75, 3.05) is 27.2 Å². The van der Waals surface area contributed by atoms with Crippen LogP contribution >= 0.6 is 24.8 Å². The van der Waals surface area contributed by atoms with Gasteiger partial charge < -0.3 is 15.5 Å². The first-order valence-corrected chi connectivity index (χ1v) is 5.57. The van der Waals surface area contributed by atoms with Gasteiger partial charge in [0.1, 0.15) is 0 Å². The SMILES string of the molecule is CN(C)C1CCCN(C(=O)C(C)(C)N)C1.Cl.Cl. The Morgan fingerprint density at radius 2 is 1.88 bits per heavy atom. The largest absolute Gasteiger partial charge is 0.340 e. The van der Waals surface area contributed by atoms with Crippen molar-refractivity contribution in [2.24, 2.45) is 5.73 Å². The third kappa shape index (κ3) is 5.42. The predicted octanol–water partition coefficient (Wildman–Crippen LogP) is 1.12. The number of nitrogens with zero attached hydrogens (tertiary/aromatic N) is 2. The van der Waals surface area contributed by atoms with Crippen molar-refractivity contribution in [1.29, 1.82) is 0 Å². The van der Waals surface area contributed by atoms with Crippen LogP contribution < -0.4 is 5.73 Å². The number of halogens is 2. The average molecular weight is 286 g/mol. The summed E-state index contributed by atoms with van der Waals surface area (Å²) < 4.78 is 0. The van der Waals surface area contributed by atoms with Crippen molar-refractivity contribution in [3.63, 3.8) is 0 Å². The lowest BCUT2D eigenvalue weighted by Gasteiger charge is -2.38. The van der Waals surface area contributed by atoms with E-state index in [1.165, 1.54) is 6.42 Å². The highest BCUT2D eigenvalue weighted by atomic mass is 35.5. The van der Waals surface area contributed by atoms with E-state index in [1.54, 1.807) is 13.8 Å². The molecule has 0 saturated carbocycles. The van der Waals surface area contributed by atoms with E-state index in [0.717, 1.165) is 19.5 Å². The Morgan fingerprint density at radius 1 is 1.35 bits per heavy atom. The number of carbonyl (C=O) groups excluding carboxylic acids is 1. The maximum atomic E-state index is 12.0. The maximum absolute atomic E-state index is 12.0. The van der Waals surface area contributed by atoms with E-state index < -0.39 is 5.54 Å². The molecule has 1 amide bonds. The molecular weight excluding hydrogens is 261 g/mol. The highest BCUT2D eigenvalue weighted by Crippen LogP contribution is 2.16. The molecule has 1 heterocycles. The van der Waals surface area contributed by atoms with Gasteiger partial charge >= 0.3 is 0 Å². The van der Waals surface area contributed by atoms with Crippen molar-refractivity contribution in [2.45, 2.75) is 38.3 Å². The highest BCUT2D eigenvalue weighted by molar-refractivity contribution is 5.86. The summed E-state index contributed by atoms with van der Waals surface area (Å²) in [5.41, 5.74) is 5.08. The number of rotatable bonds is 2. The molecule has 0 aliphatic carbocycles. The zero-order valence-electron chi connectivity index (χ0n) is 11.1. The average Bonchev–Trinajstić information content (AvgIpc) is 2.15. The molecule has 1 fully saturated rings. The summed E-state index contributed by atoms with van der Waals surface area (Å²) in [6.45, 7) is 5.21. The summed E-state index contributed by atoms with van der Waals surface area (Å²) in [6, 6.07) is 0.477. The second-order valence-electron chi connectivity index (χ2n) is 5.23. The molecule has 1 aliphatic heterocycles. The number of nitrogens with two attached hydrogens (primary N) is 1. The topological polar surface area (TPSA) is 49.6 Å². The number of carbonyl (C=O) groups is 1. The molecule has 0 bridgehead atoms. The molecule has 1 rings (SSSR count). The van der Waals surface area contributed by atoms with Crippen molar-refractivity contribution in [3.8, 4) is 0 Å². The highest BCUT2D eigenvalue weighted by Gasteiger charge is 2.31. The van der Waals surface area contributed by atoms with Gasteiger partial charge in [0.2, 0.25) is 5.91 Å². The van der Waals surface area contributed by atoms with E-state index in [1.807, 2.05) is 4.90 Å². The van der Waals surface area contributed by atoms with Gasteiger partial charge in [0, 0.05) is 19.1 Å². The monoisotopic (exact) mass is 285 g/mol. The second-order valence-corrected chi connectivity index (χ2v) is 5.23. The van der Waals surface area contributed by atoms with Gasteiger partial charge in [0.15, 0.2) is 0 Å². The van der Waals surface area contributed by atoms with Crippen molar-refractivity contribution >= 4 is 30.7 Å². The van der Waals surface area contributed by atoms with Crippen LogP contribution in [0.25, 0.3) is 0 Å². The lowest BCUT2D eigenvalue weighted by atomic mass is 10.00. The van der Waals surface area contributed by atoms with Gasteiger partial charge in [-0.25, -0.2) is 0 Å². The Bertz CT molecular complexity index is 241. The first-order chi connectivity index (χ1) is 6.82. The summed E-state index contributed by atoms with van der Waals surface area (Å²) >= 11 is 0. The number of hydrogen-bond acceptors (Lipinski definition) is 3. The molecule has 0 aromatic rings. The number of likely N-dealkylation sites (N-methyl/N-ethyl adjacent to an activating group) is 1. The fourth-order valence-corrected chi connectivity index (χ4v) is 1.97. The molecule has 2 N–H and O–H groups in total. The van der Waals surface area contributed by atoms with Crippen LogP contribution in [0.1, 0.15) is 26.7 Å².